The Morgan fingerprint density at radius 1 is 0.906 bits per heavy atom. The molecule has 0 saturated carbocycles. The van der Waals surface area contributed by atoms with Crippen LogP contribution in [0.5, 0.6) is 17.2 Å². The molecule has 0 fully saturated rings. The van der Waals surface area contributed by atoms with Crippen molar-refractivity contribution in [2.75, 3.05) is 14.2 Å². The van der Waals surface area contributed by atoms with Gasteiger partial charge in [-0.2, -0.15) is 5.26 Å². The van der Waals surface area contributed by atoms with Gasteiger partial charge in [0.2, 0.25) is 0 Å². The average Bonchev–Trinajstić information content (AvgIpc) is 2.82. The number of allylic oxidation sites excluding steroid dienone is 1. The first-order valence-corrected chi connectivity index (χ1v) is 9.93. The molecule has 32 heavy (non-hydrogen) atoms. The molecule has 0 atom stereocenters. The van der Waals surface area contributed by atoms with E-state index in [2.05, 4.69) is 6.07 Å². The minimum atomic E-state index is -0.480. The van der Waals surface area contributed by atoms with Gasteiger partial charge in [0.1, 0.15) is 5.75 Å². The number of ether oxygens (including phenoxy) is 3. The molecule has 0 bridgehead atoms. The number of hydrogen-bond donors (Lipinski definition) is 0. The zero-order valence-electron chi connectivity index (χ0n) is 18.2. The Hall–Kier alpha value is -4.30. The SMILES string of the molecule is COc1ccc(/C(C#N)=C\c2cccc(OC(=O)/C=C/c3ccc(C)cc3)c2)cc1OC. The quantitative estimate of drug-likeness (QED) is 0.160. The van der Waals surface area contributed by atoms with Gasteiger partial charge >= 0.3 is 5.97 Å². The fraction of sp³-hybridized carbons (Fsp3) is 0.111. The first kappa shape index (κ1) is 22.4. The van der Waals surface area contributed by atoms with E-state index in [-0.39, 0.29) is 0 Å². The topological polar surface area (TPSA) is 68.5 Å². The lowest BCUT2D eigenvalue weighted by molar-refractivity contribution is -0.128. The number of rotatable bonds is 7. The molecule has 0 unspecified atom stereocenters. The first-order valence-electron chi connectivity index (χ1n) is 9.93. The minimum Gasteiger partial charge on any atom is -0.493 e. The molecule has 0 saturated heterocycles. The summed E-state index contributed by atoms with van der Waals surface area (Å²) in [6, 6.07) is 22.3. The van der Waals surface area contributed by atoms with Gasteiger partial charge in [-0.25, -0.2) is 4.79 Å². The predicted octanol–water partition coefficient (Wildman–Crippen LogP) is 5.70. The number of nitrogens with zero attached hydrogens (tertiary/aromatic N) is 1. The Bertz CT molecular complexity index is 1200. The van der Waals surface area contributed by atoms with Crippen molar-refractivity contribution in [1.82, 2.24) is 0 Å². The third-order valence-electron chi connectivity index (χ3n) is 4.69. The smallest absolute Gasteiger partial charge is 0.336 e. The fourth-order valence-electron chi connectivity index (χ4n) is 3.01. The van der Waals surface area contributed by atoms with Crippen molar-refractivity contribution < 1.29 is 19.0 Å². The zero-order chi connectivity index (χ0) is 22.9. The molecule has 0 heterocycles. The van der Waals surface area contributed by atoms with Crippen molar-refractivity contribution in [1.29, 1.82) is 5.26 Å². The van der Waals surface area contributed by atoms with Crippen LogP contribution in [0.25, 0.3) is 17.7 Å². The normalized spacial score (nSPS) is 11.1. The van der Waals surface area contributed by atoms with Crippen LogP contribution < -0.4 is 14.2 Å². The van der Waals surface area contributed by atoms with Crippen LogP contribution in [0.2, 0.25) is 0 Å². The number of carbonyl (C=O) groups is 1. The van der Waals surface area contributed by atoms with Gasteiger partial charge in [0.15, 0.2) is 11.5 Å². The second kappa shape index (κ2) is 10.6. The Kier molecular flexibility index (Phi) is 7.45. The molecule has 0 radical (unpaired) electrons. The van der Waals surface area contributed by atoms with Crippen LogP contribution >= 0.6 is 0 Å². The van der Waals surface area contributed by atoms with E-state index in [1.54, 1.807) is 62.8 Å². The summed E-state index contributed by atoms with van der Waals surface area (Å²) in [4.78, 5) is 12.2. The van der Waals surface area contributed by atoms with E-state index in [9.17, 15) is 10.1 Å². The van der Waals surface area contributed by atoms with Crippen molar-refractivity contribution in [3.63, 3.8) is 0 Å². The number of benzene rings is 3. The highest BCUT2D eigenvalue weighted by Crippen LogP contribution is 2.31. The molecule has 0 aliphatic heterocycles. The van der Waals surface area contributed by atoms with Crippen LogP contribution in [-0.2, 0) is 4.79 Å². The summed E-state index contributed by atoms with van der Waals surface area (Å²) in [5, 5.41) is 9.66. The van der Waals surface area contributed by atoms with Crippen molar-refractivity contribution in [3.05, 3.63) is 95.1 Å². The lowest BCUT2D eigenvalue weighted by atomic mass is 10.0. The largest absolute Gasteiger partial charge is 0.493 e. The number of methoxy groups -OCH3 is 2. The van der Waals surface area contributed by atoms with E-state index in [1.165, 1.54) is 6.08 Å². The molecule has 5 nitrogen and oxygen atoms in total. The number of aryl methyl sites for hydroxylation is 1. The van der Waals surface area contributed by atoms with E-state index in [0.29, 0.717) is 28.4 Å². The van der Waals surface area contributed by atoms with Crippen molar-refractivity contribution in [2.24, 2.45) is 0 Å². The van der Waals surface area contributed by atoms with Gasteiger partial charge in [-0.05, 0) is 66.1 Å². The third-order valence-corrected chi connectivity index (χ3v) is 4.69. The van der Waals surface area contributed by atoms with Crippen LogP contribution in [0, 0.1) is 18.3 Å². The molecule has 0 aliphatic rings. The van der Waals surface area contributed by atoms with Crippen LogP contribution in [0.3, 0.4) is 0 Å². The van der Waals surface area contributed by atoms with Crippen LogP contribution in [0.1, 0.15) is 22.3 Å². The lowest BCUT2D eigenvalue weighted by Gasteiger charge is -2.09. The highest BCUT2D eigenvalue weighted by Gasteiger charge is 2.09. The lowest BCUT2D eigenvalue weighted by Crippen LogP contribution is -2.03. The standard InChI is InChI=1S/C27H23NO4/c1-19-7-9-20(10-8-19)11-14-27(29)32-24-6-4-5-21(16-24)15-23(18-28)22-12-13-25(30-2)26(17-22)31-3/h4-17H,1-3H3/b14-11+,23-15-. The summed E-state index contributed by atoms with van der Waals surface area (Å²) in [6.07, 6.45) is 4.81. The van der Waals surface area contributed by atoms with Crippen LogP contribution in [0.15, 0.2) is 72.8 Å². The Morgan fingerprint density at radius 2 is 1.66 bits per heavy atom. The monoisotopic (exact) mass is 425 g/mol. The van der Waals surface area contributed by atoms with Gasteiger partial charge in [-0.3, -0.25) is 0 Å². The van der Waals surface area contributed by atoms with Crippen molar-refractivity contribution in [3.8, 4) is 23.3 Å². The highest BCUT2D eigenvalue weighted by molar-refractivity contribution is 5.91. The third kappa shape index (κ3) is 5.87. The van der Waals surface area contributed by atoms with Crippen molar-refractivity contribution >= 4 is 23.7 Å². The van der Waals surface area contributed by atoms with Gasteiger partial charge in [0, 0.05) is 6.08 Å². The maximum absolute atomic E-state index is 12.2. The van der Waals surface area contributed by atoms with Gasteiger partial charge in [-0.1, -0.05) is 42.0 Å². The maximum Gasteiger partial charge on any atom is 0.336 e. The second-order valence-corrected chi connectivity index (χ2v) is 6.98. The molecule has 0 amide bonds. The summed E-state index contributed by atoms with van der Waals surface area (Å²) >= 11 is 0. The molecule has 3 aromatic rings. The molecule has 0 aromatic heterocycles. The number of carbonyl (C=O) groups excluding carboxylic acids is 1. The van der Waals surface area contributed by atoms with E-state index >= 15 is 0 Å². The van der Waals surface area contributed by atoms with Crippen molar-refractivity contribution in [2.45, 2.75) is 6.92 Å². The van der Waals surface area contributed by atoms with Gasteiger partial charge < -0.3 is 14.2 Å². The summed E-state index contributed by atoms with van der Waals surface area (Å²) in [5.74, 6) is 1.03. The zero-order valence-corrected chi connectivity index (χ0v) is 18.2. The minimum absolute atomic E-state index is 0.391. The Morgan fingerprint density at radius 3 is 2.34 bits per heavy atom. The van der Waals surface area contributed by atoms with Gasteiger partial charge in [-0.15, -0.1) is 0 Å². The van der Waals surface area contributed by atoms with Gasteiger partial charge in [0.25, 0.3) is 0 Å². The predicted molar refractivity (Wildman–Crippen MR) is 125 cm³/mol. The molecule has 5 heteroatoms. The summed E-state index contributed by atoms with van der Waals surface area (Å²) in [5.41, 5.74) is 3.92. The number of hydrogen-bond acceptors (Lipinski definition) is 5. The van der Waals surface area contributed by atoms with E-state index < -0.39 is 5.97 Å². The summed E-state index contributed by atoms with van der Waals surface area (Å²) in [6.45, 7) is 2.01. The Balaban J connectivity index is 1.77. The van der Waals surface area contributed by atoms with E-state index in [1.807, 2.05) is 37.3 Å². The maximum atomic E-state index is 12.2. The molecular formula is C27H23NO4. The van der Waals surface area contributed by atoms with E-state index in [4.69, 9.17) is 14.2 Å². The van der Waals surface area contributed by atoms with Gasteiger partial charge in [0.05, 0.1) is 25.9 Å². The Labute approximate surface area is 187 Å². The second-order valence-electron chi connectivity index (χ2n) is 6.98. The fourth-order valence-corrected chi connectivity index (χ4v) is 3.01. The molecular weight excluding hydrogens is 402 g/mol. The summed E-state index contributed by atoms with van der Waals surface area (Å²) in [7, 11) is 3.10. The molecule has 0 aliphatic carbocycles. The first-order chi connectivity index (χ1) is 15.5. The van der Waals surface area contributed by atoms with Crippen LogP contribution in [0.4, 0.5) is 0 Å². The molecule has 160 valence electrons. The average molecular weight is 425 g/mol. The van der Waals surface area contributed by atoms with E-state index in [0.717, 1.165) is 16.7 Å². The van der Waals surface area contributed by atoms with Crippen LogP contribution in [-0.4, -0.2) is 20.2 Å². The molecule has 3 aromatic carbocycles. The highest BCUT2D eigenvalue weighted by atomic mass is 16.5. The molecule has 0 spiro atoms. The number of esters is 1. The summed E-state index contributed by atoms with van der Waals surface area (Å²) < 4.78 is 16.0. The molecule has 3 rings (SSSR count). The number of nitriles is 1. The molecule has 0 N–H and O–H groups in total.